The minimum atomic E-state index is -0.712. The maximum absolute atomic E-state index is 14.5. The van der Waals surface area contributed by atoms with Gasteiger partial charge in [0.1, 0.15) is 23.1 Å². The van der Waals surface area contributed by atoms with Crippen LogP contribution in [0.3, 0.4) is 0 Å². The Kier molecular flexibility index (Phi) is 5.87. The molecule has 7 nitrogen and oxygen atoms in total. The van der Waals surface area contributed by atoms with Crippen molar-refractivity contribution in [1.29, 1.82) is 0 Å². The zero-order chi connectivity index (χ0) is 23.8. The topological polar surface area (TPSA) is 79.9 Å². The Morgan fingerprint density at radius 2 is 2.06 bits per heavy atom. The SMILES string of the molecule is O=C1COc2cc(F)c(C(=O)N3CC(COc4ccc(Cl)cc4C4=CCNC=C4F)C3)cc2N1. The Labute approximate surface area is 199 Å². The third kappa shape index (κ3) is 4.31. The summed E-state index contributed by atoms with van der Waals surface area (Å²) in [6.07, 6.45) is 3.02. The molecule has 34 heavy (non-hydrogen) atoms. The Balaban J connectivity index is 1.22. The summed E-state index contributed by atoms with van der Waals surface area (Å²) in [7, 11) is 0. The molecule has 0 unspecified atom stereocenters. The third-order valence-electron chi connectivity index (χ3n) is 5.79. The summed E-state index contributed by atoms with van der Waals surface area (Å²) in [5.74, 6) is -1.26. The molecule has 0 radical (unpaired) electrons. The van der Waals surface area contributed by atoms with E-state index in [2.05, 4.69) is 10.6 Å². The molecular weight excluding hydrogens is 468 g/mol. The van der Waals surface area contributed by atoms with Crippen LogP contribution in [0.15, 0.2) is 48.4 Å². The summed E-state index contributed by atoms with van der Waals surface area (Å²) < 4.78 is 39.9. The highest BCUT2D eigenvalue weighted by Gasteiger charge is 2.34. The Hall–Kier alpha value is -3.59. The molecule has 0 spiro atoms. The molecule has 3 heterocycles. The lowest BCUT2D eigenvalue weighted by molar-refractivity contribution is -0.118. The van der Waals surface area contributed by atoms with E-state index in [4.69, 9.17) is 21.1 Å². The largest absolute Gasteiger partial charge is 0.493 e. The van der Waals surface area contributed by atoms with Crippen LogP contribution in [-0.2, 0) is 4.79 Å². The summed E-state index contributed by atoms with van der Waals surface area (Å²) in [5.41, 5.74) is 1.09. The van der Waals surface area contributed by atoms with Gasteiger partial charge in [0.25, 0.3) is 11.8 Å². The summed E-state index contributed by atoms with van der Waals surface area (Å²) in [6.45, 7) is 1.35. The van der Waals surface area contributed by atoms with Crippen LogP contribution in [0.2, 0.25) is 5.02 Å². The molecule has 10 heteroatoms. The molecule has 3 aliphatic rings. The highest BCUT2D eigenvalue weighted by molar-refractivity contribution is 6.30. The van der Waals surface area contributed by atoms with Gasteiger partial charge in [-0.3, -0.25) is 9.59 Å². The van der Waals surface area contributed by atoms with Crippen LogP contribution in [0.5, 0.6) is 11.5 Å². The van der Waals surface area contributed by atoms with Gasteiger partial charge in [-0.05, 0) is 24.3 Å². The van der Waals surface area contributed by atoms with Crippen molar-refractivity contribution in [2.24, 2.45) is 5.92 Å². The number of likely N-dealkylation sites (tertiary alicyclic amines) is 1. The van der Waals surface area contributed by atoms with Crippen LogP contribution in [0, 0.1) is 11.7 Å². The van der Waals surface area contributed by atoms with Gasteiger partial charge in [-0.15, -0.1) is 0 Å². The van der Waals surface area contributed by atoms with Crippen molar-refractivity contribution < 1.29 is 27.8 Å². The van der Waals surface area contributed by atoms with E-state index in [1.54, 1.807) is 24.3 Å². The lowest BCUT2D eigenvalue weighted by atomic mass is 9.98. The number of halogens is 3. The second-order valence-electron chi connectivity index (χ2n) is 8.21. The van der Waals surface area contributed by atoms with Crippen molar-refractivity contribution in [2.75, 3.05) is 38.2 Å². The first-order chi connectivity index (χ1) is 16.4. The predicted molar refractivity (Wildman–Crippen MR) is 122 cm³/mol. The van der Waals surface area contributed by atoms with Crippen LogP contribution < -0.4 is 20.1 Å². The molecule has 2 aromatic rings. The number of rotatable bonds is 5. The smallest absolute Gasteiger partial charge is 0.262 e. The first-order valence-corrected chi connectivity index (χ1v) is 11.0. The van der Waals surface area contributed by atoms with Crippen molar-refractivity contribution in [3.63, 3.8) is 0 Å². The van der Waals surface area contributed by atoms with E-state index in [0.717, 1.165) is 6.07 Å². The number of carbonyl (C=O) groups excluding carboxylic acids is 2. The summed E-state index contributed by atoms with van der Waals surface area (Å²) in [4.78, 5) is 25.8. The van der Waals surface area contributed by atoms with E-state index < -0.39 is 17.6 Å². The van der Waals surface area contributed by atoms with E-state index in [-0.39, 0.29) is 35.4 Å². The van der Waals surface area contributed by atoms with Crippen molar-refractivity contribution in [3.8, 4) is 11.5 Å². The van der Waals surface area contributed by atoms with E-state index >= 15 is 0 Å². The van der Waals surface area contributed by atoms with E-state index in [9.17, 15) is 18.4 Å². The Morgan fingerprint density at radius 3 is 2.85 bits per heavy atom. The number of carbonyl (C=O) groups is 2. The van der Waals surface area contributed by atoms with E-state index in [1.165, 1.54) is 17.2 Å². The summed E-state index contributed by atoms with van der Waals surface area (Å²) in [6, 6.07) is 7.41. The molecule has 176 valence electrons. The minimum Gasteiger partial charge on any atom is -0.493 e. The fourth-order valence-corrected chi connectivity index (χ4v) is 4.22. The maximum atomic E-state index is 14.5. The molecule has 1 fully saturated rings. The second-order valence-corrected chi connectivity index (χ2v) is 8.65. The normalized spacial score (nSPS) is 17.4. The lowest BCUT2D eigenvalue weighted by Crippen LogP contribution is -2.52. The minimum absolute atomic E-state index is 0.0265. The Bertz CT molecular complexity index is 1240. The van der Waals surface area contributed by atoms with Gasteiger partial charge >= 0.3 is 0 Å². The molecule has 0 aliphatic carbocycles. The monoisotopic (exact) mass is 487 g/mol. The number of anilines is 1. The predicted octanol–water partition coefficient (Wildman–Crippen LogP) is 3.76. The number of benzene rings is 2. The number of nitrogens with one attached hydrogen (secondary N) is 2. The fourth-order valence-electron chi connectivity index (χ4n) is 4.05. The fraction of sp³-hybridized carbons (Fsp3) is 0.250. The molecule has 3 aliphatic heterocycles. The molecule has 2 amide bonds. The van der Waals surface area contributed by atoms with Gasteiger partial charge < -0.3 is 25.0 Å². The maximum Gasteiger partial charge on any atom is 0.262 e. The van der Waals surface area contributed by atoms with Gasteiger partial charge in [-0.1, -0.05) is 17.7 Å². The van der Waals surface area contributed by atoms with Crippen molar-refractivity contribution >= 4 is 34.7 Å². The van der Waals surface area contributed by atoms with Crippen molar-refractivity contribution in [2.45, 2.75) is 0 Å². The average Bonchev–Trinajstić information content (AvgIpc) is 2.79. The quantitative estimate of drug-likeness (QED) is 0.671. The van der Waals surface area contributed by atoms with Gasteiger partial charge in [0, 0.05) is 54.0 Å². The lowest BCUT2D eigenvalue weighted by Gasteiger charge is -2.39. The van der Waals surface area contributed by atoms with Crippen LogP contribution in [-0.4, -0.2) is 49.6 Å². The number of allylic oxidation sites excluding steroid dienone is 2. The number of hydrogen-bond acceptors (Lipinski definition) is 5. The first kappa shape index (κ1) is 22.2. The van der Waals surface area contributed by atoms with Gasteiger partial charge in [0.2, 0.25) is 0 Å². The van der Waals surface area contributed by atoms with E-state index in [0.29, 0.717) is 48.1 Å². The summed E-state index contributed by atoms with van der Waals surface area (Å²) >= 11 is 6.12. The number of ether oxygens (including phenoxy) is 2. The number of hydrogen-bond donors (Lipinski definition) is 2. The molecule has 0 aromatic heterocycles. The van der Waals surface area contributed by atoms with Crippen LogP contribution in [0.25, 0.3) is 5.57 Å². The average molecular weight is 488 g/mol. The molecule has 0 bridgehead atoms. The zero-order valence-electron chi connectivity index (χ0n) is 17.9. The molecule has 2 aromatic carbocycles. The highest BCUT2D eigenvalue weighted by atomic mass is 35.5. The molecule has 1 saturated heterocycles. The molecule has 0 atom stereocenters. The molecule has 0 saturated carbocycles. The van der Waals surface area contributed by atoms with Crippen LogP contribution >= 0.6 is 11.6 Å². The number of amides is 2. The van der Waals surface area contributed by atoms with Crippen molar-refractivity contribution in [1.82, 2.24) is 10.2 Å². The van der Waals surface area contributed by atoms with Crippen LogP contribution in [0.4, 0.5) is 14.5 Å². The standard InChI is InChI=1S/C24H20ClF2N3O4/c25-14-1-2-21(16(5-14)15-3-4-28-8-19(15)27)33-11-13-9-30(10-13)24(32)17-6-20-22(7-18(17)26)34-12-23(31)29-20/h1-3,5-8,13,28H,4,9-12H2,(H,29,31). The second kappa shape index (κ2) is 8.98. The van der Waals surface area contributed by atoms with Gasteiger partial charge in [0.15, 0.2) is 6.61 Å². The highest BCUT2D eigenvalue weighted by Crippen LogP contribution is 2.36. The first-order valence-electron chi connectivity index (χ1n) is 10.7. The number of fused-ring (bicyclic) bond motifs is 1. The van der Waals surface area contributed by atoms with Crippen LogP contribution in [0.1, 0.15) is 15.9 Å². The molecule has 2 N–H and O–H groups in total. The van der Waals surface area contributed by atoms with Gasteiger partial charge in [0.05, 0.1) is 17.9 Å². The third-order valence-corrected chi connectivity index (χ3v) is 6.03. The number of nitrogens with zero attached hydrogens (tertiary/aromatic N) is 1. The van der Waals surface area contributed by atoms with Crippen molar-refractivity contribution in [3.05, 3.63) is 70.4 Å². The van der Waals surface area contributed by atoms with Gasteiger partial charge in [-0.25, -0.2) is 8.78 Å². The van der Waals surface area contributed by atoms with Gasteiger partial charge in [-0.2, -0.15) is 0 Å². The summed E-state index contributed by atoms with van der Waals surface area (Å²) in [5, 5.41) is 5.85. The van der Waals surface area contributed by atoms with E-state index in [1.807, 2.05) is 0 Å². The Morgan fingerprint density at radius 1 is 1.24 bits per heavy atom. The zero-order valence-corrected chi connectivity index (χ0v) is 18.6. The number of dihydropyridines is 1. The molecular formula is C24H20ClF2N3O4. The molecule has 5 rings (SSSR count).